The first-order valence-corrected chi connectivity index (χ1v) is 10.7. The van der Waals surface area contributed by atoms with Gasteiger partial charge in [-0.15, -0.1) is 0 Å². The van der Waals surface area contributed by atoms with Crippen molar-refractivity contribution >= 4 is 21.6 Å². The maximum absolute atomic E-state index is 13.2. The molecule has 1 aromatic heterocycles. The SMILES string of the molecule is CCN(CC)S(=O)(=O)c1ccc(Oc2ccc(F)cc2)c(NC(=O)c2ccco2)c1. The van der Waals surface area contributed by atoms with Crippen molar-refractivity contribution < 1.29 is 26.8 Å². The number of carbonyl (C=O) groups is 1. The van der Waals surface area contributed by atoms with E-state index >= 15 is 0 Å². The van der Waals surface area contributed by atoms with E-state index in [0.717, 1.165) is 0 Å². The van der Waals surface area contributed by atoms with Gasteiger partial charge in [0.25, 0.3) is 5.91 Å². The fourth-order valence-electron chi connectivity index (χ4n) is 2.79. The molecule has 1 amide bonds. The van der Waals surface area contributed by atoms with Gasteiger partial charge in [0.15, 0.2) is 11.5 Å². The lowest BCUT2D eigenvalue weighted by Crippen LogP contribution is -2.30. The third-order valence-corrected chi connectivity index (χ3v) is 6.37. The Balaban J connectivity index is 2.00. The van der Waals surface area contributed by atoms with Crippen LogP contribution >= 0.6 is 0 Å². The molecule has 3 rings (SSSR count). The predicted molar refractivity (Wildman–Crippen MR) is 110 cm³/mol. The summed E-state index contributed by atoms with van der Waals surface area (Å²) in [5.41, 5.74) is 0.133. The van der Waals surface area contributed by atoms with Gasteiger partial charge in [-0.2, -0.15) is 4.31 Å². The van der Waals surface area contributed by atoms with E-state index in [9.17, 15) is 17.6 Å². The Morgan fingerprint density at radius 1 is 1.10 bits per heavy atom. The topological polar surface area (TPSA) is 88.9 Å². The van der Waals surface area contributed by atoms with E-state index in [1.165, 1.54) is 59.1 Å². The highest BCUT2D eigenvalue weighted by molar-refractivity contribution is 7.89. The lowest BCUT2D eigenvalue weighted by molar-refractivity contribution is 0.0996. The molecule has 0 aliphatic rings. The van der Waals surface area contributed by atoms with Crippen molar-refractivity contribution in [3.63, 3.8) is 0 Å². The van der Waals surface area contributed by atoms with Gasteiger partial charge < -0.3 is 14.5 Å². The monoisotopic (exact) mass is 432 g/mol. The quantitative estimate of drug-likeness (QED) is 0.566. The summed E-state index contributed by atoms with van der Waals surface area (Å²) >= 11 is 0. The summed E-state index contributed by atoms with van der Waals surface area (Å²) < 4.78 is 51.1. The van der Waals surface area contributed by atoms with Gasteiger partial charge in [-0.25, -0.2) is 12.8 Å². The van der Waals surface area contributed by atoms with Crippen molar-refractivity contribution in [1.29, 1.82) is 0 Å². The van der Waals surface area contributed by atoms with Crippen molar-refractivity contribution in [3.8, 4) is 11.5 Å². The van der Waals surface area contributed by atoms with Gasteiger partial charge in [-0.1, -0.05) is 13.8 Å². The number of furan rings is 1. The molecule has 0 aliphatic heterocycles. The van der Waals surface area contributed by atoms with Crippen LogP contribution in [0.2, 0.25) is 0 Å². The number of nitrogens with one attached hydrogen (secondary N) is 1. The number of benzene rings is 2. The van der Waals surface area contributed by atoms with Crippen LogP contribution in [0.3, 0.4) is 0 Å². The zero-order valence-corrected chi connectivity index (χ0v) is 17.3. The molecule has 30 heavy (non-hydrogen) atoms. The van der Waals surface area contributed by atoms with Crippen molar-refractivity contribution in [2.75, 3.05) is 18.4 Å². The van der Waals surface area contributed by atoms with Crippen LogP contribution < -0.4 is 10.1 Å². The molecule has 0 saturated carbocycles. The molecular formula is C21H21FN2O5S. The van der Waals surface area contributed by atoms with Crippen LogP contribution in [0.1, 0.15) is 24.4 Å². The fourth-order valence-corrected chi connectivity index (χ4v) is 4.27. The minimum absolute atomic E-state index is 0.00685. The highest BCUT2D eigenvalue weighted by Crippen LogP contribution is 2.33. The van der Waals surface area contributed by atoms with Gasteiger partial charge in [0.2, 0.25) is 10.0 Å². The van der Waals surface area contributed by atoms with E-state index in [0.29, 0.717) is 18.8 Å². The van der Waals surface area contributed by atoms with E-state index < -0.39 is 21.7 Å². The number of amides is 1. The summed E-state index contributed by atoms with van der Waals surface area (Å²) in [7, 11) is -3.76. The van der Waals surface area contributed by atoms with E-state index in [1.54, 1.807) is 19.9 Å². The highest BCUT2D eigenvalue weighted by atomic mass is 32.2. The molecule has 158 valence electrons. The van der Waals surface area contributed by atoms with Crippen LogP contribution in [0.5, 0.6) is 11.5 Å². The van der Waals surface area contributed by atoms with Gasteiger partial charge in [0.05, 0.1) is 16.8 Å². The molecule has 3 aromatic rings. The second-order valence-corrected chi connectivity index (χ2v) is 8.17. The molecule has 0 unspecified atom stereocenters. The standard InChI is InChI=1S/C21H21FN2O5S/c1-3-24(4-2)30(26,27)17-11-12-19(29-16-9-7-15(22)8-10-16)18(14-17)23-21(25)20-6-5-13-28-20/h5-14H,3-4H2,1-2H3,(H,23,25). The summed E-state index contributed by atoms with van der Waals surface area (Å²) in [4.78, 5) is 12.5. The van der Waals surface area contributed by atoms with Crippen LogP contribution in [-0.4, -0.2) is 31.7 Å². The first-order valence-electron chi connectivity index (χ1n) is 9.27. The average Bonchev–Trinajstić information content (AvgIpc) is 3.26. The number of hydrogen-bond donors (Lipinski definition) is 1. The van der Waals surface area contributed by atoms with Crippen molar-refractivity contribution in [2.24, 2.45) is 0 Å². The molecule has 0 aliphatic carbocycles. The summed E-state index contributed by atoms with van der Waals surface area (Å²) in [5.74, 6) is -0.417. The minimum Gasteiger partial charge on any atom is -0.459 e. The van der Waals surface area contributed by atoms with Crippen molar-refractivity contribution in [3.05, 3.63) is 72.4 Å². The van der Waals surface area contributed by atoms with Crippen LogP contribution in [0, 0.1) is 5.82 Å². The fraction of sp³-hybridized carbons (Fsp3) is 0.190. The Hall–Kier alpha value is -3.17. The molecule has 9 heteroatoms. The normalized spacial score (nSPS) is 11.5. The molecule has 0 bridgehead atoms. The Morgan fingerprint density at radius 3 is 2.40 bits per heavy atom. The second-order valence-electron chi connectivity index (χ2n) is 6.23. The Bertz CT molecular complexity index is 1110. The Kier molecular flexibility index (Phi) is 6.53. The Labute approximate surface area is 174 Å². The number of hydrogen-bond acceptors (Lipinski definition) is 5. The molecule has 0 saturated heterocycles. The number of anilines is 1. The summed E-state index contributed by atoms with van der Waals surface area (Å²) in [6.45, 7) is 4.10. The van der Waals surface area contributed by atoms with Crippen LogP contribution in [0.15, 0.2) is 70.2 Å². The van der Waals surface area contributed by atoms with Crippen molar-refractivity contribution in [1.82, 2.24) is 4.31 Å². The highest BCUT2D eigenvalue weighted by Gasteiger charge is 2.24. The third-order valence-electron chi connectivity index (χ3n) is 4.33. The maximum Gasteiger partial charge on any atom is 0.291 e. The van der Waals surface area contributed by atoms with Gasteiger partial charge in [-0.05, 0) is 54.6 Å². The van der Waals surface area contributed by atoms with E-state index in [4.69, 9.17) is 9.15 Å². The first kappa shape index (κ1) is 21.5. The van der Waals surface area contributed by atoms with Crippen LogP contribution in [0.4, 0.5) is 10.1 Å². The van der Waals surface area contributed by atoms with Gasteiger partial charge in [-0.3, -0.25) is 4.79 Å². The lowest BCUT2D eigenvalue weighted by Gasteiger charge is -2.20. The molecule has 1 N–H and O–H groups in total. The van der Waals surface area contributed by atoms with E-state index in [2.05, 4.69) is 5.32 Å². The average molecular weight is 432 g/mol. The minimum atomic E-state index is -3.76. The lowest BCUT2D eigenvalue weighted by atomic mass is 10.2. The van der Waals surface area contributed by atoms with Gasteiger partial charge >= 0.3 is 0 Å². The molecule has 0 spiro atoms. The number of nitrogens with zero attached hydrogens (tertiary/aromatic N) is 1. The van der Waals surface area contributed by atoms with Gasteiger partial charge in [0.1, 0.15) is 11.6 Å². The van der Waals surface area contributed by atoms with E-state index in [-0.39, 0.29) is 22.1 Å². The largest absolute Gasteiger partial charge is 0.459 e. The van der Waals surface area contributed by atoms with Crippen LogP contribution in [0.25, 0.3) is 0 Å². The predicted octanol–water partition coefficient (Wildman–Crippen LogP) is 4.49. The summed E-state index contributed by atoms with van der Waals surface area (Å²) in [6, 6.07) is 12.5. The summed E-state index contributed by atoms with van der Waals surface area (Å²) in [5, 5.41) is 2.62. The molecule has 1 heterocycles. The molecule has 0 atom stereocenters. The molecule has 0 radical (unpaired) electrons. The number of halogens is 1. The number of carbonyl (C=O) groups excluding carboxylic acids is 1. The third kappa shape index (κ3) is 4.69. The summed E-state index contributed by atoms with van der Waals surface area (Å²) in [6.07, 6.45) is 1.35. The van der Waals surface area contributed by atoms with Crippen molar-refractivity contribution in [2.45, 2.75) is 18.7 Å². The molecule has 2 aromatic carbocycles. The Morgan fingerprint density at radius 2 is 1.80 bits per heavy atom. The smallest absolute Gasteiger partial charge is 0.291 e. The number of sulfonamides is 1. The van der Waals surface area contributed by atoms with Crippen LogP contribution in [-0.2, 0) is 10.0 Å². The molecular weight excluding hydrogens is 411 g/mol. The number of ether oxygens (including phenoxy) is 1. The second kappa shape index (κ2) is 9.10. The maximum atomic E-state index is 13.2. The first-order chi connectivity index (χ1) is 14.3. The zero-order valence-electron chi connectivity index (χ0n) is 16.5. The molecule has 7 nitrogen and oxygen atoms in total. The molecule has 0 fully saturated rings. The van der Waals surface area contributed by atoms with Gasteiger partial charge in [0, 0.05) is 13.1 Å². The van der Waals surface area contributed by atoms with E-state index in [1.807, 2.05) is 0 Å². The number of rotatable bonds is 8. The zero-order chi connectivity index (χ0) is 21.7.